The van der Waals surface area contributed by atoms with Gasteiger partial charge in [0.1, 0.15) is 5.82 Å². The number of likely N-dealkylation sites (tertiary alicyclic amines) is 1. The number of hydrogen-bond acceptors (Lipinski definition) is 5. The minimum absolute atomic E-state index is 0.0170. The van der Waals surface area contributed by atoms with Gasteiger partial charge in [0, 0.05) is 42.5 Å². The molecule has 0 spiro atoms. The SMILES string of the molecule is O=C(c1ccncc1)N1CCC(c2nc(-c3ccc(F)cc3)no2)CC1. The minimum Gasteiger partial charge on any atom is -0.339 e. The van der Waals surface area contributed by atoms with Crippen LogP contribution < -0.4 is 0 Å². The molecule has 2 aromatic heterocycles. The highest BCUT2D eigenvalue weighted by molar-refractivity contribution is 5.94. The molecule has 1 aromatic carbocycles. The van der Waals surface area contributed by atoms with Gasteiger partial charge >= 0.3 is 0 Å². The van der Waals surface area contributed by atoms with E-state index >= 15 is 0 Å². The molecule has 1 fully saturated rings. The molecule has 0 unspecified atom stereocenters. The van der Waals surface area contributed by atoms with Crippen molar-refractivity contribution in [3.05, 3.63) is 66.1 Å². The monoisotopic (exact) mass is 352 g/mol. The summed E-state index contributed by atoms with van der Waals surface area (Å²) in [4.78, 5) is 22.7. The van der Waals surface area contributed by atoms with E-state index in [9.17, 15) is 9.18 Å². The first-order chi connectivity index (χ1) is 12.7. The molecule has 6 nitrogen and oxygen atoms in total. The average molecular weight is 352 g/mol. The Morgan fingerprint density at radius 2 is 1.77 bits per heavy atom. The predicted octanol–water partition coefficient (Wildman–Crippen LogP) is 3.29. The number of amides is 1. The maximum Gasteiger partial charge on any atom is 0.253 e. The zero-order chi connectivity index (χ0) is 17.9. The molecule has 0 bridgehead atoms. The number of aromatic nitrogens is 3. The number of pyridine rings is 1. The molecule has 1 aliphatic heterocycles. The van der Waals surface area contributed by atoms with Crippen molar-refractivity contribution >= 4 is 5.91 Å². The Morgan fingerprint density at radius 1 is 1.08 bits per heavy atom. The van der Waals surface area contributed by atoms with Crippen LogP contribution in [0.5, 0.6) is 0 Å². The Labute approximate surface area is 149 Å². The number of carbonyl (C=O) groups excluding carboxylic acids is 1. The molecule has 4 rings (SSSR count). The first-order valence-corrected chi connectivity index (χ1v) is 8.49. The Hall–Kier alpha value is -3.09. The largest absolute Gasteiger partial charge is 0.339 e. The number of nitrogens with zero attached hydrogens (tertiary/aromatic N) is 4. The van der Waals surface area contributed by atoms with Gasteiger partial charge in [-0.05, 0) is 49.2 Å². The lowest BCUT2D eigenvalue weighted by Crippen LogP contribution is -2.38. The molecular formula is C19H17FN4O2. The zero-order valence-electron chi connectivity index (χ0n) is 14.0. The maximum absolute atomic E-state index is 13.0. The third kappa shape index (κ3) is 3.33. The average Bonchev–Trinajstić information content (AvgIpc) is 3.19. The summed E-state index contributed by atoms with van der Waals surface area (Å²) in [5.74, 6) is 0.862. The van der Waals surface area contributed by atoms with Gasteiger partial charge in [0.15, 0.2) is 0 Å². The molecule has 1 amide bonds. The van der Waals surface area contributed by atoms with E-state index < -0.39 is 0 Å². The van der Waals surface area contributed by atoms with Crippen molar-refractivity contribution in [1.82, 2.24) is 20.0 Å². The van der Waals surface area contributed by atoms with Crippen LogP contribution in [-0.2, 0) is 0 Å². The number of carbonyl (C=O) groups is 1. The second-order valence-corrected chi connectivity index (χ2v) is 6.27. The number of rotatable bonds is 3. The third-order valence-corrected chi connectivity index (χ3v) is 4.60. The van der Waals surface area contributed by atoms with Crippen LogP contribution in [0.2, 0.25) is 0 Å². The summed E-state index contributed by atoms with van der Waals surface area (Å²) in [5, 5.41) is 4.00. The molecule has 0 radical (unpaired) electrons. The molecule has 132 valence electrons. The van der Waals surface area contributed by atoms with Crippen molar-refractivity contribution in [3.63, 3.8) is 0 Å². The molecule has 3 heterocycles. The molecule has 26 heavy (non-hydrogen) atoms. The van der Waals surface area contributed by atoms with Crippen LogP contribution in [0.4, 0.5) is 4.39 Å². The molecule has 0 atom stereocenters. The summed E-state index contributed by atoms with van der Waals surface area (Å²) in [6, 6.07) is 9.44. The van der Waals surface area contributed by atoms with Crippen molar-refractivity contribution in [2.24, 2.45) is 0 Å². The van der Waals surface area contributed by atoms with Crippen LogP contribution in [0.1, 0.15) is 35.0 Å². The molecule has 0 N–H and O–H groups in total. The van der Waals surface area contributed by atoms with Gasteiger partial charge in [-0.3, -0.25) is 9.78 Å². The normalized spacial score (nSPS) is 15.2. The van der Waals surface area contributed by atoms with Gasteiger partial charge in [-0.25, -0.2) is 4.39 Å². The highest BCUT2D eigenvalue weighted by atomic mass is 19.1. The Balaban J connectivity index is 1.41. The Bertz CT molecular complexity index is 887. The fraction of sp³-hybridized carbons (Fsp3) is 0.263. The highest BCUT2D eigenvalue weighted by Crippen LogP contribution is 2.29. The Kier molecular flexibility index (Phi) is 4.43. The number of piperidine rings is 1. The van der Waals surface area contributed by atoms with Crippen molar-refractivity contribution in [2.45, 2.75) is 18.8 Å². The van der Waals surface area contributed by atoms with Crippen LogP contribution in [-0.4, -0.2) is 39.0 Å². The molecule has 3 aromatic rings. The molecule has 7 heteroatoms. The topological polar surface area (TPSA) is 72.1 Å². The van der Waals surface area contributed by atoms with Gasteiger partial charge in [0.25, 0.3) is 5.91 Å². The van der Waals surface area contributed by atoms with Gasteiger partial charge < -0.3 is 9.42 Å². The summed E-state index contributed by atoms with van der Waals surface area (Å²) in [7, 11) is 0. The summed E-state index contributed by atoms with van der Waals surface area (Å²) in [5.41, 5.74) is 1.36. The van der Waals surface area contributed by atoms with Gasteiger partial charge in [-0.15, -0.1) is 0 Å². The van der Waals surface area contributed by atoms with E-state index in [4.69, 9.17) is 4.52 Å². The van der Waals surface area contributed by atoms with E-state index in [0.717, 1.165) is 12.8 Å². The van der Waals surface area contributed by atoms with Gasteiger partial charge in [-0.2, -0.15) is 4.98 Å². The molecule has 1 aliphatic rings. The summed E-state index contributed by atoms with van der Waals surface area (Å²) >= 11 is 0. The minimum atomic E-state index is -0.302. The van der Waals surface area contributed by atoms with Crippen LogP contribution in [0.3, 0.4) is 0 Å². The number of halogens is 1. The second kappa shape index (κ2) is 7.03. The standard InChI is InChI=1S/C19H17FN4O2/c20-16-3-1-13(2-4-16)17-22-18(26-23-17)14-7-11-24(12-8-14)19(25)15-5-9-21-10-6-15/h1-6,9-10,14H,7-8,11-12H2. The number of hydrogen-bond donors (Lipinski definition) is 0. The number of benzene rings is 1. The second-order valence-electron chi connectivity index (χ2n) is 6.27. The van der Waals surface area contributed by atoms with Crippen LogP contribution in [0, 0.1) is 5.82 Å². The fourth-order valence-electron chi connectivity index (χ4n) is 3.12. The van der Waals surface area contributed by atoms with E-state index in [1.165, 1.54) is 12.1 Å². The first kappa shape index (κ1) is 16.4. The predicted molar refractivity (Wildman–Crippen MR) is 91.8 cm³/mol. The molecular weight excluding hydrogens is 335 g/mol. The fourth-order valence-corrected chi connectivity index (χ4v) is 3.12. The van der Waals surface area contributed by atoms with Gasteiger partial charge in [-0.1, -0.05) is 5.16 Å². The smallest absolute Gasteiger partial charge is 0.253 e. The van der Waals surface area contributed by atoms with Crippen molar-refractivity contribution < 1.29 is 13.7 Å². The highest BCUT2D eigenvalue weighted by Gasteiger charge is 2.28. The first-order valence-electron chi connectivity index (χ1n) is 8.49. The van der Waals surface area contributed by atoms with E-state index in [-0.39, 0.29) is 17.6 Å². The summed E-state index contributed by atoms with van der Waals surface area (Å²) < 4.78 is 18.4. The summed E-state index contributed by atoms with van der Waals surface area (Å²) in [6.07, 6.45) is 4.77. The molecule has 0 saturated carbocycles. The van der Waals surface area contributed by atoms with Crippen LogP contribution in [0.25, 0.3) is 11.4 Å². The quantitative estimate of drug-likeness (QED) is 0.723. The Morgan fingerprint density at radius 3 is 2.46 bits per heavy atom. The van der Waals surface area contributed by atoms with E-state index in [2.05, 4.69) is 15.1 Å². The van der Waals surface area contributed by atoms with Crippen molar-refractivity contribution in [2.75, 3.05) is 13.1 Å². The van der Waals surface area contributed by atoms with Crippen molar-refractivity contribution in [1.29, 1.82) is 0 Å². The van der Waals surface area contributed by atoms with Gasteiger partial charge in [0.05, 0.1) is 0 Å². The maximum atomic E-state index is 13.0. The zero-order valence-corrected chi connectivity index (χ0v) is 14.0. The lowest BCUT2D eigenvalue weighted by molar-refractivity contribution is 0.0704. The lowest BCUT2D eigenvalue weighted by atomic mass is 9.96. The van der Waals surface area contributed by atoms with E-state index in [0.29, 0.717) is 35.9 Å². The van der Waals surface area contributed by atoms with E-state index in [1.807, 2.05) is 4.90 Å². The molecule has 0 aliphatic carbocycles. The van der Waals surface area contributed by atoms with Crippen LogP contribution >= 0.6 is 0 Å². The van der Waals surface area contributed by atoms with Gasteiger partial charge in [0.2, 0.25) is 11.7 Å². The molecule has 1 saturated heterocycles. The summed E-state index contributed by atoms with van der Waals surface area (Å²) in [6.45, 7) is 1.28. The lowest BCUT2D eigenvalue weighted by Gasteiger charge is -2.30. The van der Waals surface area contributed by atoms with Crippen LogP contribution in [0.15, 0.2) is 53.3 Å². The van der Waals surface area contributed by atoms with Crippen molar-refractivity contribution in [3.8, 4) is 11.4 Å². The third-order valence-electron chi connectivity index (χ3n) is 4.60. The van der Waals surface area contributed by atoms with E-state index in [1.54, 1.807) is 36.7 Å².